The maximum Gasteiger partial charge on any atom is 0.373 e. The number of nitrogen functional groups attached to an aromatic ring is 7. The minimum absolute atomic E-state index is 0. The summed E-state index contributed by atoms with van der Waals surface area (Å²) in [5, 5.41) is 0. The Kier molecular flexibility index (Phi) is 20.4. The molecule has 0 radical (unpaired) electrons. The van der Waals surface area contributed by atoms with E-state index >= 15 is 0 Å². The second kappa shape index (κ2) is 22.0. The van der Waals surface area contributed by atoms with E-state index in [1.807, 2.05) is 91.0 Å². The van der Waals surface area contributed by atoms with E-state index in [0.717, 1.165) is 61.9 Å². The monoisotopic (exact) mass is 775 g/mol. The first kappa shape index (κ1) is 47.3. The Bertz CT molecular complexity index is 1910. The summed E-state index contributed by atoms with van der Waals surface area (Å²) in [4.78, 5) is 32.4. The highest BCUT2D eigenvalue weighted by Gasteiger charge is 2.10. The molecule has 0 atom stereocenters. The van der Waals surface area contributed by atoms with Gasteiger partial charge < -0.3 is 50.1 Å². The summed E-state index contributed by atoms with van der Waals surface area (Å²) in [6, 6.07) is 31.9. The number of nitrogens with two attached hydrogens (primary N) is 7. The molecule has 7 rings (SSSR count). The minimum atomic E-state index is 0. The zero-order valence-corrected chi connectivity index (χ0v) is 29.5. The van der Waals surface area contributed by atoms with Crippen LogP contribution in [0.3, 0.4) is 0 Å². The summed E-state index contributed by atoms with van der Waals surface area (Å²) < 4.78 is 0. The van der Waals surface area contributed by atoms with Crippen molar-refractivity contribution >= 4 is 118 Å². The zero-order chi connectivity index (χ0) is 33.2. The molecule has 17 heteroatoms. The van der Waals surface area contributed by atoms with Crippen molar-refractivity contribution in [2.45, 2.75) is 7.43 Å². The van der Waals surface area contributed by atoms with Crippen LogP contribution in [0.15, 0.2) is 103 Å². The van der Waals surface area contributed by atoms with Gasteiger partial charge in [-0.3, -0.25) is 0 Å². The van der Waals surface area contributed by atoms with Crippen LogP contribution in [0.5, 0.6) is 0 Å². The number of imidazole rings is 2. The van der Waals surface area contributed by atoms with Crippen LogP contribution >= 0.6 is 49.6 Å². The molecule has 0 amide bonds. The third kappa shape index (κ3) is 12.9. The third-order valence-electron chi connectivity index (χ3n) is 6.54. The maximum atomic E-state index is 8.12. The fourth-order valence-electron chi connectivity index (χ4n) is 4.19. The quantitative estimate of drug-likeness (QED) is 0.0809. The van der Waals surface area contributed by atoms with Gasteiger partial charge in [0.05, 0.1) is 44.8 Å². The molecule has 16 N–H and O–H groups in total. The van der Waals surface area contributed by atoms with Gasteiger partial charge in [-0.25, -0.2) is 9.97 Å². The second-order valence-electron chi connectivity index (χ2n) is 9.91. The van der Waals surface area contributed by atoms with Gasteiger partial charge >= 0.3 is 6.15 Å². The molecule has 2 aromatic heterocycles. The predicted octanol–water partition coefficient (Wildman–Crippen LogP) is 6.96. The van der Waals surface area contributed by atoms with Crippen molar-refractivity contribution in [1.82, 2.24) is 19.9 Å². The Hall–Kier alpha value is -5.82. The number of para-hydroxylation sites is 1. The summed E-state index contributed by atoms with van der Waals surface area (Å²) in [7, 11) is 0. The van der Waals surface area contributed by atoms with Crippen LogP contribution in [0.2, 0.25) is 0 Å². The number of aromatic nitrogens is 4. The SMILES string of the molecule is C.Cl.Cl.Cl.Cl.Nc1cc(N)c(N)cc1N.Nc1ccc(-c2nc3cc4nc(-c5ccc(N)cc5)[nH]c4cc3[nH]2)cc1.Nc1ccccc1.O=C=O. The van der Waals surface area contributed by atoms with Crippen molar-refractivity contribution in [3.05, 3.63) is 103 Å². The van der Waals surface area contributed by atoms with Crippen LogP contribution in [0.4, 0.5) is 39.8 Å². The van der Waals surface area contributed by atoms with E-state index in [9.17, 15) is 0 Å². The first-order chi connectivity index (χ1) is 22.1. The van der Waals surface area contributed by atoms with Crippen molar-refractivity contribution in [3.63, 3.8) is 0 Å². The molecule has 5 aromatic carbocycles. The number of halogens is 4. The first-order valence-corrected chi connectivity index (χ1v) is 13.7. The number of carbonyl (C=O) groups excluding carboxylic acids is 2. The molecule has 0 unspecified atom stereocenters. The van der Waals surface area contributed by atoms with Gasteiger partial charge in [0.1, 0.15) is 11.6 Å². The molecule has 7 aromatic rings. The summed E-state index contributed by atoms with van der Waals surface area (Å²) in [5.41, 5.74) is 48.4. The Morgan fingerprint density at radius 1 is 0.451 bits per heavy atom. The molecule has 0 saturated carbocycles. The van der Waals surface area contributed by atoms with Gasteiger partial charge in [-0.2, -0.15) is 9.59 Å². The van der Waals surface area contributed by atoms with E-state index in [1.165, 1.54) is 0 Å². The Morgan fingerprint density at radius 3 is 1.06 bits per heavy atom. The molecule has 0 spiro atoms. The number of nitrogens with one attached hydrogen (secondary N) is 2. The Balaban J connectivity index is 0. The highest BCUT2D eigenvalue weighted by Crippen LogP contribution is 2.27. The molecule has 2 heterocycles. The standard InChI is InChI=1S/C20H16N6.C6H10N4.C6H7N.CO2.CH4.4ClH/c21-13-5-1-11(2-6-13)19-23-15-9-17-18(10-16(15)24-19)26-20(25-17)12-3-7-14(22)8-4-12;7-3-1-4(8)6(10)2-5(3)9;7-6-4-2-1-3-5-6;2-1-3;;;;;/h1-10H,21-22H2,(H,23,24)(H,25,26);1-2H,7-10H2;1-5H,7H2;;1H4;4*1H. The number of H-pyrrole nitrogens is 2. The molecule has 0 bridgehead atoms. The molecular weight excluding hydrogens is 736 g/mol. The molecule has 13 nitrogen and oxygen atoms in total. The summed E-state index contributed by atoms with van der Waals surface area (Å²) in [6.45, 7) is 0. The topological polar surface area (TPSA) is 274 Å². The molecule has 0 aliphatic rings. The third-order valence-corrected chi connectivity index (χ3v) is 6.54. The normalized spacial score (nSPS) is 9.02. The van der Waals surface area contributed by atoms with E-state index < -0.39 is 0 Å². The van der Waals surface area contributed by atoms with Gasteiger partial charge in [0.2, 0.25) is 0 Å². The smallest absolute Gasteiger partial charge is 0.373 e. The molecule has 0 aliphatic carbocycles. The van der Waals surface area contributed by atoms with Crippen LogP contribution < -0.4 is 40.1 Å². The second-order valence-corrected chi connectivity index (χ2v) is 9.91. The number of rotatable bonds is 2. The number of aromatic amines is 2. The van der Waals surface area contributed by atoms with Crippen LogP contribution in [0, 0.1) is 0 Å². The molecule has 272 valence electrons. The Labute approximate surface area is 319 Å². The van der Waals surface area contributed by atoms with Crippen LogP contribution in [0.25, 0.3) is 44.8 Å². The molecule has 0 aliphatic heterocycles. The maximum absolute atomic E-state index is 8.12. The van der Waals surface area contributed by atoms with Gasteiger partial charge in [0, 0.05) is 28.2 Å². The lowest BCUT2D eigenvalue weighted by atomic mass is 10.2. The summed E-state index contributed by atoms with van der Waals surface area (Å²) in [6.07, 6.45) is 0.250. The van der Waals surface area contributed by atoms with Gasteiger partial charge in [0.15, 0.2) is 0 Å². The summed E-state index contributed by atoms with van der Waals surface area (Å²) >= 11 is 0. The molecule has 0 fully saturated rings. The van der Waals surface area contributed by atoms with Gasteiger partial charge in [-0.05, 0) is 84.9 Å². The van der Waals surface area contributed by atoms with Gasteiger partial charge in [-0.1, -0.05) is 25.6 Å². The lowest BCUT2D eigenvalue weighted by Gasteiger charge is -2.03. The largest absolute Gasteiger partial charge is 0.399 e. The highest BCUT2D eigenvalue weighted by molar-refractivity contribution is 5.94. The first-order valence-electron chi connectivity index (χ1n) is 13.7. The number of hydrogen-bond acceptors (Lipinski definition) is 11. The fraction of sp³-hybridized carbons (Fsp3) is 0.0294. The minimum Gasteiger partial charge on any atom is -0.399 e. The molecular formula is C34H41Cl4N11O2. The van der Waals surface area contributed by atoms with E-state index in [2.05, 4.69) is 19.9 Å². The average Bonchev–Trinajstić information content (AvgIpc) is 3.64. The van der Waals surface area contributed by atoms with Crippen molar-refractivity contribution < 1.29 is 9.59 Å². The van der Waals surface area contributed by atoms with Crippen LogP contribution in [0.1, 0.15) is 7.43 Å². The fourth-order valence-corrected chi connectivity index (χ4v) is 4.19. The highest BCUT2D eigenvalue weighted by atomic mass is 35.5. The number of nitrogens with zero attached hydrogens (tertiary/aromatic N) is 2. The average molecular weight is 778 g/mol. The lowest BCUT2D eigenvalue weighted by Crippen LogP contribution is -2.00. The summed E-state index contributed by atoms with van der Waals surface area (Å²) in [5.74, 6) is 1.62. The number of anilines is 7. The van der Waals surface area contributed by atoms with E-state index in [4.69, 9.17) is 49.7 Å². The Morgan fingerprint density at radius 2 is 0.765 bits per heavy atom. The van der Waals surface area contributed by atoms with Crippen molar-refractivity contribution in [3.8, 4) is 22.8 Å². The van der Waals surface area contributed by atoms with E-state index in [1.54, 1.807) is 12.1 Å². The van der Waals surface area contributed by atoms with Crippen molar-refractivity contribution in [1.29, 1.82) is 0 Å². The van der Waals surface area contributed by atoms with E-state index in [0.29, 0.717) is 22.7 Å². The van der Waals surface area contributed by atoms with E-state index in [-0.39, 0.29) is 63.2 Å². The van der Waals surface area contributed by atoms with Gasteiger partial charge in [-0.15, -0.1) is 49.6 Å². The van der Waals surface area contributed by atoms with Crippen molar-refractivity contribution in [2.24, 2.45) is 0 Å². The van der Waals surface area contributed by atoms with Crippen molar-refractivity contribution in [2.75, 3.05) is 40.1 Å². The number of fused-ring (bicyclic) bond motifs is 2. The van der Waals surface area contributed by atoms with Crippen LogP contribution in [-0.4, -0.2) is 26.1 Å². The number of hydrogen-bond donors (Lipinski definition) is 9. The molecule has 0 saturated heterocycles. The number of benzene rings is 5. The van der Waals surface area contributed by atoms with Crippen LogP contribution in [-0.2, 0) is 9.59 Å². The predicted molar refractivity (Wildman–Crippen MR) is 221 cm³/mol. The zero-order valence-electron chi connectivity index (χ0n) is 26.2. The molecule has 51 heavy (non-hydrogen) atoms. The lowest BCUT2D eigenvalue weighted by molar-refractivity contribution is -0.191. The van der Waals surface area contributed by atoms with Gasteiger partial charge in [0.25, 0.3) is 0 Å².